The summed E-state index contributed by atoms with van der Waals surface area (Å²) in [5.41, 5.74) is 1.28. The summed E-state index contributed by atoms with van der Waals surface area (Å²) in [6.07, 6.45) is 5.75. The average molecular weight is 328 g/mol. The Morgan fingerprint density at radius 2 is 2.14 bits per heavy atom. The zero-order chi connectivity index (χ0) is 15.1. The van der Waals surface area contributed by atoms with Crippen LogP contribution in [0.2, 0.25) is 5.02 Å². The van der Waals surface area contributed by atoms with E-state index in [9.17, 15) is 5.11 Å². The van der Waals surface area contributed by atoms with Crippen molar-refractivity contribution in [2.45, 2.75) is 55.6 Å². The molecule has 0 bridgehead atoms. The van der Waals surface area contributed by atoms with Gasteiger partial charge in [-0.05, 0) is 49.9 Å². The lowest BCUT2D eigenvalue weighted by Crippen LogP contribution is -2.52. The molecule has 118 valence electrons. The minimum atomic E-state index is -0.0497. The molecule has 0 amide bonds. The molecule has 0 spiro atoms. The Balaban J connectivity index is 1.86. The van der Waals surface area contributed by atoms with Crippen LogP contribution in [0.1, 0.15) is 44.6 Å². The summed E-state index contributed by atoms with van der Waals surface area (Å²) in [5.74, 6) is 1.02. The first-order chi connectivity index (χ1) is 10.2. The van der Waals surface area contributed by atoms with Gasteiger partial charge in [0.1, 0.15) is 0 Å². The van der Waals surface area contributed by atoms with Crippen molar-refractivity contribution in [3.8, 4) is 0 Å². The molecule has 1 aromatic rings. The predicted molar refractivity (Wildman–Crippen MR) is 93.1 cm³/mol. The van der Waals surface area contributed by atoms with Crippen LogP contribution in [0.3, 0.4) is 0 Å². The van der Waals surface area contributed by atoms with Crippen molar-refractivity contribution < 1.29 is 5.11 Å². The quantitative estimate of drug-likeness (QED) is 0.785. The Labute approximate surface area is 137 Å². The molecule has 1 saturated carbocycles. The molecule has 4 heteroatoms. The molecule has 2 N–H and O–H groups in total. The number of aliphatic hydroxyl groups is 1. The van der Waals surface area contributed by atoms with Gasteiger partial charge < -0.3 is 10.4 Å². The van der Waals surface area contributed by atoms with Crippen LogP contribution in [0.4, 0.5) is 0 Å². The second-order valence-corrected chi connectivity index (χ2v) is 7.75. The second kappa shape index (κ2) is 8.42. The lowest BCUT2D eigenvalue weighted by molar-refractivity contribution is 0.124. The summed E-state index contributed by atoms with van der Waals surface area (Å²) < 4.78 is 0. The van der Waals surface area contributed by atoms with E-state index in [1.165, 1.54) is 18.4 Å². The summed E-state index contributed by atoms with van der Waals surface area (Å²) in [6.45, 7) is 3.42. The van der Waals surface area contributed by atoms with Crippen LogP contribution in [0.15, 0.2) is 24.3 Å². The fourth-order valence-corrected chi connectivity index (χ4v) is 4.51. The number of aliphatic hydroxyl groups excluding tert-OH is 1. The van der Waals surface area contributed by atoms with E-state index in [0.717, 1.165) is 36.6 Å². The fourth-order valence-electron chi connectivity index (χ4n) is 3.00. The number of rotatable bonds is 7. The van der Waals surface area contributed by atoms with Gasteiger partial charge in [0, 0.05) is 21.6 Å². The summed E-state index contributed by atoms with van der Waals surface area (Å²) >= 11 is 7.94. The molecule has 0 saturated heterocycles. The lowest BCUT2D eigenvalue weighted by atomic mass is 9.82. The van der Waals surface area contributed by atoms with E-state index in [2.05, 4.69) is 24.4 Å². The van der Waals surface area contributed by atoms with Gasteiger partial charge in [-0.25, -0.2) is 0 Å². The van der Waals surface area contributed by atoms with Gasteiger partial charge in [0.2, 0.25) is 0 Å². The van der Waals surface area contributed by atoms with Gasteiger partial charge >= 0.3 is 0 Å². The first-order valence-corrected chi connectivity index (χ1v) is 9.32. The highest BCUT2D eigenvalue weighted by atomic mass is 35.5. The standard InChI is InChI=1S/C17H26ClNOS/c1-2-10-19-17(13-20)9-3-4-16(11-17)21-12-14-5-7-15(18)8-6-14/h5-8,16,19-20H,2-4,9-13H2,1H3. The zero-order valence-electron chi connectivity index (χ0n) is 12.8. The monoisotopic (exact) mass is 327 g/mol. The SMILES string of the molecule is CCCNC1(CO)CCCC(SCc2ccc(Cl)cc2)C1. The molecular weight excluding hydrogens is 302 g/mol. The van der Waals surface area contributed by atoms with Crippen molar-refractivity contribution in [1.29, 1.82) is 0 Å². The number of thioether (sulfide) groups is 1. The maximum Gasteiger partial charge on any atom is 0.0613 e. The maximum absolute atomic E-state index is 9.82. The summed E-state index contributed by atoms with van der Waals surface area (Å²) in [5, 5.41) is 14.8. The van der Waals surface area contributed by atoms with E-state index in [0.29, 0.717) is 5.25 Å². The normalized spacial score (nSPS) is 26.0. The molecule has 0 radical (unpaired) electrons. The number of halogens is 1. The smallest absolute Gasteiger partial charge is 0.0613 e. The van der Waals surface area contributed by atoms with Crippen LogP contribution in [-0.4, -0.2) is 29.0 Å². The topological polar surface area (TPSA) is 32.3 Å². The van der Waals surface area contributed by atoms with Gasteiger partial charge in [-0.2, -0.15) is 11.8 Å². The Kier molecular flexibility index (Phi) is 6.87. The Morgan fingerprint density at radius 3 is 2.81 bits per heavy atom. The highest BCUT2D eigenvalue weighted by molar-refractivity contribution is 7.99. The lowest BCUT2D eigenvalue weighted by Gasteiger charge is -2.40. The predicted octanol–water partition coefficient (Wildman–Crippen LogP) is 4.25. The van der Waals surface area contributed by atoms with E-state index >= 15 is 0 Å². The molecule has 2 atom stereocenters. The largest absolute Gasteiger partial charge is 0.394 e. The van der Waals surface area contributed by atoms with Crippen LogP contribution >= 0.6 is 23.4 Å². The third kappa shape index (κ3) is 5.17. The number of hydrogen-bond donors (Lipinski definition) is 2. The molecule has 0 aliphatic heterocycles. The molecule has 0 aromatic heterocycles. The van der Waals surface area contributed by atoms with E-state index in [1.54, 1.807) is 0 Å². The van der Waals surface area contributed by atoms with E-state index < -0.39 is 0 Å². The molecule has 2 unspecified atom stereocenters. The maximum atomic E-state index is 9.82. The van der Waals surface area contributed by atoms with Gasteiger partial charge in [0.15, 0.2) is 0 Å². The minimum absolute atomic E-state index is 0.0497. The van der Waals surface area contributed by atoms with Crippen LogP contribution in [0.25, 0.3) is 0 Å². The van der Waals surface area contributed by atoms with Gasteiger partial charge in [0.05, 0.1) is 6.61 Å². The first-order valence-electron chi connectivity index (χ1n) is 7.89. The third-order valence-electron chi connectivity index (χ3n) is 4.25. The van der Waals surface area contributed by atoms with Crippen LogP contribution in [0, 0.1) is 0 Å². The van der Waals surface area contributed by atoms with Gasteiger partial charge in [0.25, 0.3) is 0 Å². The second-order valence-electron chi connectivity index (χ2n) is 6.02. The Morgan fingerprint density at radius 1 is 1.38 bits per heavy atom. The molecule has 21 heavy (non-hydrogen) atoms. The van der Waals surface area contributed by atoms with E-state index in [-0.39, 0.29) is 12.1 Å². The molecule has 1 fully saturated rings. The highest BCUT2D eigenvalue weighted by Crippen LogP contribution is 2.36. The number of hydrogen-bond acceptors (Lipinski definition) is 3. The van der Waals surface area contributed by atoms with Crippen LogP contribution < -0.4 is 5.32 Å². The van der Waals surface area contributed by atoms with Gasteiger partial charge in [-0.3, -0.25) is 0 Å². The van der Waals surface area contributed by atoms with E-state index in [1.807, 2.05) is 23.9 Å². The fraction of sp³-hybridized carbons (Fsp3) is 0.647. The molecular formula is C17H26ClNOS. The molecule has 2 rings (SSSR count). The first kappa shape index (κ1) is 17.1. The van der Waals surface area contributed by atoms with Gasteiger partial charge in [-0.1, -0.05) is 37.1 Å². The van der Waals surface area contributed by atoms with Crippen LogP contribution in [0.5, 0.6) is 0 Å². The molecule has 1 aliphatic rings. The van der Waals surface area contributed by atoms with Crippen molar-refractivity contribution in [3.63, 3.8) is 0 Å². The van der Waals surface area contributed by atoms with E-state index in [4.69, 9.17) is 11.6 Å². The van der Waals surface area contributed by atoms with Crippen molar-refractivity contribution in [1.82, 2.24) is 5.32 Å². The third-order valence-corrected chi connectivity index (χ3v) is 5.88. The Hall–Kier alpha value is -0.220. The van der Waals surface area contributed by atoms with Crippen molar-refractivity contribution in [2.24, 2.45) is 0 Å². The highest BCUT2D eigenvalue weighted by Gasteiger charge is 2.35. The molecule has 1 aliphatic carbocycles. The Bertz CT molecular complexity index is 425. The van der Waals surface area contributed by atoms with Gasteiger partial charge in [-0.15, -0.1) is 0 Å². The molecule has 2 nitrogen and oxygen atoms in total. The number of nitrogens with one attached hydrogen (secondary N) is 1. The molecule has 0 heterocycles. The summed E-state index contributed by atoms with van der Waals surface area (Å²) in [6, 6.07) is 8.12. The zero-order valence-corrected chi connectivity index (χ0v) is 14.3. The minimum Gasteiger partial charge on any atom is -0.394 e. The summed E-state index contributed by atoms with van der Waals surface area (Å²) in [4.78, 5) is 0. The molecule has 1 aromatic carbocycles. The summed E-state index contributed by atoms with van der Waals surface area (Å²) in [7, 11) is 0. The van der Waals surface area contributed by atoms with Crippen LogP contribution in [-0.2, 0) is 5.75 Å². The average Bonchev–Trinajstić information content (AvgIpc) is 2.53. The van der Waals surface area contributed by atoms with Crippen molar-refractivity contribution in [3.05, 3.63) is 34.9 Å². The van der Waals surface area contributed by atoms with Crippen molar-refractivity contribution >= 4 is 23.4 Å². The number of benzene rings is 1. The van der Waals surface area contributed by atoms with Crippen molar-refractivity contribution in [2.75, 3.05) is 13.2 Å².